The molecule has 0 unspecified atom stereocenters. The minimum absolute atomic E-state index is 0.140. The Bertz CT molecular complexity index is 101. The number of hydrogen-bond donors (Lipinski definition) is 3. The van der Waals surface area contributed by atoms with Crippen LogP contribution >= 0.6 is 0 Å². The monoisotopic (exact) mass is 146 g/mol. The van der Waals surface area contributed by atoms with Crippen LogP contribution in [0.1, 0.15) is 13.3 Å². The van der Waals surface area contributed by atoms with E-state index in [1.165, 1.54) is 13.0 Å². The molecular weight excluding hydrogens is 132 g/mol. The molecule has 3 heteroatoms. The average Bonchev–Trinajstić information content (AvgIpc) is 1.87. The maximum atomic E-state index is 8.97. The van der Waals surface area contributed by atoms with Gasteiger partial charge in [-0.25, -0.2) is 0 Å². The highest BCUT2D eigenvalue weighted by Crippen LogP contribution is 2.02. The smallest absolute Gasteiger partial charge is 0.0824 e. The Morgan fingerprint density at radius 2 is 1.90 bits per heavy atom. The molecule has 60 valence electrons. The molecule has 0 radical (unpaired) electrons. The van der Waals surface area contributed by atoms with Crippen molar-refractivity contribution < 1.29 is 15.3 Å². The van der Waals surface area contributed by atoms with Crippen molar-refractivity contribution >= 4 is 0 Å². The molecule has 3 nitrogen and oxygen atoms in total. The molecule has 3 N–H and O–H groups in total. The van der Waals surface area contributed by atoms with Crippen molar-refractivity contribution in [2.75, 3.05) is 0 Å². The standard InChI is InChI=1S/C7H14O3/c1-3-6(9)4-7(10)5(2)8/h3,5-10H,1,4H2,2H3/t5-,6+,7+/m1/s1. The molecular formula is C7H14O3. The van der Waals surface area contributed by atoms with Crippen LogP contribution in [-0.2, 0) is 0 Å². The molecule has 10 heavy (non-hydrogen) atoms. The van der Waals surface area contributed by atoms with Crippen LogP contribution < -0.4 is 0 Å². The van der Waals surface area contributed by atoms with E-state index >= 15 is 0 Å². The number of hydrogen-bond acceptors (Lipinski definition) is 3. The molecule has 0 amide bonds. The number of aliphatic hydroxyl groups excluding tert-OH is 3. The topological polar surface area (TPSA) is 60.7 Å². The summed E-state index contributed by atoms with van der Waals surface area (Å²) in [6.07, 6.45) is -0.931. The summed E-state index contributed by atoms with van der Waals surface area (Å²) < 4.78 is 0. The van der Waals surface area contributed by atoms with Gasteiger partial charge in [-0.05, 0) is 6.92 Å². The first kappa shape index (κ1) is 9.62. The third kappa shape index (κ3) is 3.61. The maximum Gasteiger partial charge on any atom is 0.0824 e. The van der Waals surface area contributed by atoms with Crippen LogP contribution in [0, 0.1) is 0 Å². The van der Waals surface area contributed by atoms with E-state index in [1.54, 1.807) is 0 Å². The van der Waals surface area contributed by atoms with E-state index in [9.17, 15) is 0 Å². The largest absolute Gasteiger partial charge is 0.391 e. The molecule has 3 atom stereocenters. The molecule has 0 fully saturated rings. The van der Waals surface area contributed by atoms with Crippen LogP contribution in [0.4, 0.5) is 0 Å². The lowest BCUT2D eigenvalue weighted by Crippen LogP contribution is -2.26. The Balaban J connectivity index is 3.56. The van der Waals surface area contributed by atoms with E-state index in [0.717, 1.165) is 0 Å². The highest BCUT2D eigenvalue weighted by molar-refractivity contribution is 4.81. The molecule has 0 aromatic heterocycles. The van der Waals surface area contributed by atoms with Gasteiger partial charge in [0.15, 0.2) is 0 Å². The van der Waals surface area contributed by atoms with Crippen LogP contribution in [0.2, 0.25) is 0 Å². The Morgan fingerprint density at radius 1 is 1.40 bits per heavy atom. The van der Waals surface area contributed by atoms with Crippen molar-refractivity contribution in [2.45, 2.75) is 31.7 Å². The molecule has 0 aliphatic rings. The van der Waals surface area contributed by atoms with Gasteiger partial charge in [-0.2, -0.15) is 0 Å². The minimum Gasteiger partial charge on any atom is -0.391 e. The van der Waals surface area contributed by atoms with E-state index in [4.69, 9.17) is 15.3 Å². The van der Waals surface area contributed by atoms with E-state index in [2.05, 4.69) is 6.58 Å². The van der Waals surface area contributed by atoms with Crippen LogP contribution in [-0.4, -0.2) is 33.6 Å². The van der Waals surface area contributed by atoms with Crippen molar-refractivity contribution in [2.24, 2.45) is 0 Å². The first-order chi connectivity index (χ1) is 4.57. The molecule has 0 aromatic rings. The van der Waals surface area contributed by atoms with Gasteiger partial charge < -0.3 is 15.3 Å². The number of aliphatic hydroxyl groups is 3. The molecule has 0 bridgehead atoms. The Morgan fingerprint density at radius 3 is 2.20 bits per heavy atom. The quantitative estimate of drug-likeness (QED) is 0.476. The Hall–Kier alpha value is -0.380. The summed E-state index contributed by atoms with van der Waals surface area (Å²) in [5, 5.41) is 26.6. The summed E-state index contributed by atoms with van der Waals surface area (Å²) in [5.41, 5.74) is 0. The van der Waals surface area contributed by atoms with Crippen LogP contribution in [0.3, 0.4) is 0 Å². The third-order valence-corrected chi connectivity index (χ3v) is 1.31. The fourth-order valence-electron chi connectivity index (χ4n) is 0.541. The van der Waals surface area contributed by atoms with E-state index in [-0.39, 0.29) is 6.42 Å². The normalized spacial score (nSPS) is 19.6. The maximum absolute atomic E-state index is 8.97. The molecule has 0 spiro atoms. The van der Waals surface area contributed by atoms with E-state index in [0.29, 0.717) is 0 Å². The second kappa shape index (κ2) is 4.44. The van der Waals surface area contributed by atoms with Crippen molar-refractivity contribution in [1.29, 1.82) is 0 Å². The Kier molecular flexibility index (Phi) is 4.27. The van der Waals surface area contributed by atoms with Crippen molar-refractivity contribution in [1.82, 2.24) is 0 Å². The summed E-state index contributed by atoms with van der Waals surface area (Å²) in [7, 11) is 0. The highest BCUT2D eigenvalue weighted by atomic mass is 16.3. The zero-order chi connectivity index (χ0) is 8.15. The second-order valence-electron chi connectivity index (χ2n) is 2.35. The molecule has 0 rings (SSSR count). The van der Waals surface area contributed by atoms with Gasteiger partial charge in [0.05, 0.1) is 18.3 Å². The first-order valence-electron chi connectivity index (χ1n) is 3.24. The summed E-state index contributed by atoms with van der Waals surface area (Å²) in [4.78, 5) is 0. The van der Waals surface area contributed by atoms with Gasteiger partial charge in [0, 0.05) is 6.42 Å². The Labute approximate surface area is 60.6 Å². The summed E-state index contributed by atoms with van der Waals surface area (Å²) in [6, 6.07) is 0. The van der Waals surface area contributed by atoms with Crippen LogP contribution in [0.25, 0.3) is 0 Å². The first-order valence-corrected chi connectivity index (χ1v) is 3.24. The predicted octanol–water partition coefficient (Wildman–Crippen LogP) is -0.335. The lowest BCUT2D eigenvalue weighted by atomic mass is 10.1. The fraction of sp³-hybridized carbons (Fsp3) is 0.714. The SMILES string of the molecule is C=C[C@H](O)C[C@H](O)[C@@H](C)O. The fourth-order valence-corrected chi connectivity index (χ4v) is 0.541. The average molecular weight is 146 g/mol. The molecule has 0 aliphatic carbocycles. The minimum atomic E-state index is -0.868. The third-order valence-electron chi connectivity index (χ3n) is 1.31. The molecule has 0 aromatic carbocycles. The van der Waals surface area contributed by atoms with Gasteiger partial charge in [-0.1, -0.05) is 6.08 Å². The van der Waals surface area contributed by atoms with Crippen LogP contribution in [0.15, 0.2) is 12.7 Å². The number of rotatable bonds is 4. The summed E-state index contributed by atoms with van der Waals surface area (Å²) in [5.74, 6) is 0. The van der Waals surface area contributed by atoms with Gasteiger partial charge >= 0.3 is 0 Å². The summed E-state index contributed by atoms with van der Waals surface area (Å²) >= 11 is 0. The van der Waals surface area contributed by atoms with Gasteiger partial charge in [-0.3, -0.25) is 0 Å². The zero-order valence-corrected chi connectivity index (χ0v) is 6.07. The van der Waals surface area contributed by atoms with E-state index < -0.39 is 18.3 Å². The van der Waals surface area contributed by atoms with E-state index in [1.807, 2.05) is 0 Å². The van der Waals surface area contributed by atoms with Gasteiger partial charge in [0.2, 0.25) is 0 Å². The lowest BCUT2D eigenvalue weighted by Gasteiger charge is -2.14. The zero-order valence-electron chi connectivity index (χ0n) is 6.07. The van der Waals surface area contributed by atoms with Crippen molar-refractivity contribution in [3.05, 3.63) is 12.7 Å². The van der Waals surface area contributed by atoms with Crippen molar-refractivity contribution in [3.63, 3.8) is 0 Å². The second-order valence-corrected chi connectivity index (χ2v) is 2.35. The van der Waals surface area contributed by atoms with Gasteiger partial charge in [0.25, 0.3) is 0 Å². The van der Waals surface area contributed by atoms with Gasteiger partial charge in [-0.15, -0.1) is 6.58 Å². The molecule has 0 saturated carbocycles. The molecule has 0 aliphatic heterocycles. The highest BCUT2D eigenvalue weighted by Gasteiger charge is 2.13. The lowest BCUT2D eigenvalue weighted by molar-refractivity contribution is 0.00578. The van der Waals surface area contributed by atoms with Gasteiger partial charge in [0.1, 0.15) is 0 Å². The molecule has 0 heterocycles. The summed E-state index contributed by atoms with van der Waals surface area (Å²) in [6.45, 7) is 4.80. The molecule has 0 saturated heterocycles. The van der Waals surface area contributed by atoms with Crippen molar-refractivity contribution in [3.8, 4) is 0 Å². The van der Waals surface area contributed by atoms with Crippen LogP contribution in [0.5, 0.6) is 0 Å². The predicted molar refractivity (Wildman–Crippen MR) is 38.5 cm³/mol.